The fourth-order valence-electron chi connectivity index (χ4n) is 2.90. The van der Waals surface area contributed by atoms with Gasteiger partial charge in [0.1, 0.15) is 6.04 Å². The Kier molecular flexibility index (Phi) is 5.69. The molecule has 3 rings (SSSR count). The van der Waals surface area contributed by atoms with Crippen molar-refractivity contribution in [1.82, 2.24) is 0 Å². The predicted molar refractivity (Wildman–Crippen MR) is 110 cm³/mol. The van der Waals surface area contributed by atoms with Crippen molar-refractivity contribution >= 4 is 23.0 Å². The van der Waals surface area contributed by atoms with Crippen LogP contribution in [-0.4, -0.2) is 10.8 Å². The second kappa shape index (κ2) is 8.35. The molecule has 0 saturated heterocycles. The van der Waals surface area contributed by atoms with Gasteiger partial charge < -0.3 is 10.6 Å². The normalized spacial score (nSPS) is 11.5. The van der Waals surface area contributed by atoms with Crippen molar-refractivity contribution in [2.45, 2.75) is 19.9 Å². The van der Waals surface area contributed by atoms with Crippen molar-refractivity contribution in [3.8, 4) is 0 Å². The second-order valence-electron chi connectivity index (χ2n) is 6.60. The summed E-state index contributed by atoms with van der Waals surface area (Å²) in [6, 6.07) is 20.5. The van der Waals surface area contributed by atoms with Gasteiger partial charge >= 0.3 is 0 Å². The van der Waals surface area contributed by atoms with E-state index in [1.165, 1.54) is 12.1 Å². The van der Waals surface area contributed by atoms with Gasteiger partial charge in [0.05, 0.1) is 4.92 Å². The van der Waals surface area contributed by atoms with E-state index in [9.17, 15) is 14.9 Å². The standard InChI is InChI=1S/C22H21N3O3/c1-15-11-12-16(2)20(13-15)24-22(26)21(17-7-4-3-5-8-17)23-18-9-6-10-19(14-18)25(27)28/h3-14,21,23H,1-2H3,(H,24,26)/t21-/m1/s1. The first-order valence-electron chi connectivity index (χ1n) is 8.88. The third-order valence-corrected chi connectivity index (χ3v) is 4.41. The Labute approximate surface area is 163 Å². The summed E-state index contributed by atoms with van der Waals surface area (Å²) in [6.45, 7) is 3.89. The third-order valence-electron chi connectivity index (χ3n) is 4.41. The molecule has 3 aromatic carbocycles. The smallest absolute Gasteiger partial charge is 0.271 e. The lowest BCUT2D eigenvalue weighted by molar-refractivity contribution is -0.384. The number of benzene rings is 3. The molecule has 0 aliphatic carbocycles. The zero-order valence-electron chi connectivity index (χ0n) is 15.7. The molecule has 28 heavy (non-hydrogen) atoms. The number of anilines is 2. The van der Waals surface area contributed by atoms with Crippen LogP contribution in [0, 0.1) is 24.0 Å². The van der Waals surface area contributed by atoms with Gasteiger partial charge in [0, 0.05) is 23.5 Å². The van der Waals surface area contributed by atoms with Gasteiger partial charge in [-0.25, -0.2) is 0 Å². The monoisotopic (exact) mass is 375 g/mol. The number of hydrogen-bond acceptors (Lipinski definition) is 4. The van der Waals surface area contributed by atoms with Gasteiger partial charge in [0.25, 0.3) is 11.6 Å². The summed E-state index contributed by atoms with van der Waals surface area (Å²) in [7, 11) is 0. The Morgan fingerprint density at radius 2 is 1.71 bits per heavy atom. The molecule has 1 atom stereocenters. The number of carbonyl (C=O) groups excluding carboxylic acids is 1. The van der Waals surface area contributed by atoms with Crippen molar-refractivity contribution < 1.29 is 9.72 Å². The van der Waals surface area contributed by atoms with Crippen LogP contribution in [0.15, 0.2) is 72.8 Å². The Balaban J connectivity index is 1.91. The lowest BCUT2D eigenvalue weighted by atomic mass is 10.0. The topological polar surface area (TPSA) is 84.3 Å². The molecule has 0 unspecified atom stereocenters. The van der Waals surface area contributed by atoms with E-state index in [4.69, 9.17) is 0 Å². The van der Waals surface area contributed by atoms with Crippen LogP contribution in [0.1, 0.15) is 22.7 Å². The van der Waals surface area contributed by atoms with Crippen molar-refractivity contribution in [2.75, 3.05) is 10.6 Å². The van der Waals surface area contributed by atoms with Crippen molar-refractivity contribution in [1.29, 1.82) is 0 Å². The minimum atomic E-state index is -0.705. The highest BCUT2D eigenvalue weighted by atomic mass is 16.6. The molecule has 0 aromatic heterocycles. The number of nitro benzene ring substituents is 1. The van der Waals surface area contributed by atoms with E-state index in [1.54, 1.807) is 12.1 Å². The predicted octanol–water partition coefficient (Wildman–Crippen LogP) is 5.00. The number of amides is 1. The summed E-state index contributed by atoms with van der Waals surface area (Å²) in [5.41, 5.74) is 3.97. The summed E-state index contributed by atoms with van der Waals surface area (Å²) in [5.74, 6) is -0.244. The number of hydrogen-bond donors (Lipinski definition) is 2. The van der Waals surface area contributed by atoms with E-state index >= 15 is 0 Å². The van der Waals surface area contributed by atoms with Gasteiger partial charge in [0.2, 0.25) is 0 Å². The fraction of sp³-hybridized carbons (Fsp3) is 0.136. The largest absolute Gasteiger partial charge is 0.370 e. The zero-order chi connectivity index (χ0) is 20.1. The van der Waals surface area contributed by atoms with Crippen LogP contribution in [0.25, 0.3) is 0 Å². The summed E-state index contributed by atoms with van der Waals surface area (Å²) in [6.07, 6.45) is 0. The Bertz CT molecular complexity index is 1000. The summed E-state index contributed by atoms with van der Waals surface area (Å²) in [4.78, 5) is 23.7. The third kappa shape index (κ3) is 4.54. The molecule has 6 heteroatoms. The van der Waals surface area contributed by atoms with Crippen molar-refractivity contribution in [3.05, 3.63) is 99.6 Å². The van der Waals surface area contributed by atoms with Crippen molar-refractivity contribution in [2.24, 2.45) is 0 Å². The number of nitro groups is 1. The number of nitrogens with zero attached hydrogens (tertiary/aromatic N) is 1. The Hall–Kier alpha value is -3.67. The quantitative estimate of drug-likeness (QED) is 0.469. The molecule has 1 amide bonds. The van der Waals surface area contributed by atoms with E-state index in [0.717, 1.165) is 22.4 Å². The van der Waals surface area contributed by atoms with Crippen LogP contribution in [0.3, 0.4) is 0 Å². The van der Waals surface area contributed by atoms with Gasteiger partial charge in [-0.3, -0.25) is 14.9 Å². The molecule has 0 bridgehead atoms. The lowest BCUT2D eigenvalue weighted by Gasteiger charge is -2.21. The van der Waals surface area contributed by atoms with Crippen LogP contribution in [-0.2, 0) is 4.79 Å². The highest BCUT2D eigenvalue weighted by molar-refractivity contribution is 5.98. The van der Waals surface area contributed by atoms with E-state index in [2.05, 4.69) is 10.6 Å². The number of carbonyl (C=O) groups is 1. The van der Waals surface area contributed by atoms with Gasteiger partial charge in [0.15, 0.2) is 0 Å². The molecule has 0 aliphatic rings. The summed E-state index contributed by atoms with van der Waals surface area (Å²) < 4.78 is 0. The van der Waals surface area contributed by atoms with E-state index < -0.39 is 11.0 Å². The number of aryl methyl sites for hydroxylation is 2. The van der Waals surface area contributed by atoms with E-state index in [1.807, 2.05) is 62.4 Å². The maximum atomic E-state index is 13.1. The molecule has 0 aliphatic heterocycles. The molecule has 3 aromatic rings. The van der Waals surface area contributed by atoms with Crippen LogP contribution in [0.5, 0.6) is 0 Å². The lowest BCUT2D eigenvalue weighted by Crippen LogP contribution is -2.27. The Morgan fingerprint density at radius 1 is 0.964 bits per heavy atom. The minimum absolute atomic E-state index is 0.0354. The maximum absolute atomic E-state index is 13.1. The molecule has 0 saturated carbocycles. The maximum Gasteiger partial charge on any atom is 0.271 e. The molecule has 0 fully saturated rings. The van der Waals surface area contributed by atoms with E-state index in [0.29, 0.717) is 5.69 Å². The second-order valence-corrected chi connectivity index (χ2v) is 6.60. The molecular weight excluding hydrogens is 354 g/mol. The molecular formula is C22H21N3O3. The zero-order valence-corrected chi connectivity index (χ0v) is 15.7. The molecule has 0 heterocycles. The number of nitrogens with one attached hydrogen (secondary N) is 2. The van der Waals surface area contributed by atoms with Gasteiger partial charge in [-0.15, -0.1) is 0 Å². The highest BCUT2D eigenvalue weighted by Gasteiger charge is 2.22. The van der Waals surface area contributed by atoms with Crippen LogP contribution in [0.4, 0.5) is 17.1 Å². The average Bonchev–Trinajstić information content (AvgIpc) is 2.69. The minimum Gasteiger partial charge on any atom is -0.370 e. The summed E-state index contributed by atoms with van der Waals surface area (Å²) >= 11 is 0. The Morgan fingerprint density at radius 3 is 2.43 bits per heavy atom. The molecule has 6 nitrogen and oxygen atoms in total. The number of non-ortho nitro benzene ring substituents is 1. The van der Waals surface area contributed by atoms with Gasteiger partial charge in [-0.1, -0.05) is 48.5 Å². The SMILES string of the molecule is Cc1ccc(C)c(NC(=O)[C@H](Nc2cccc([N+](=O)[O-])c2)c2ccccc2)c1. The summed E-state index contributed by atoms with van der Waals surface area (Å²) in [5, 5.41) is 17.2. The fourth-order valence-corrected chi connectivity index (χ4v) is 2.90. The molecule has 0 spiro atoms. The molecule has 0 radical (unpaired) electrons. The van der Waals surface area contributed by atoms with Gasteiger partial charge in [-0.2, -0.15) is 0 Å². The average molecular weight is 375 g/mol. The number of rotatable bonds is 6. The molecule has 142 valence electrons. The van der Waals surface area contributed by atoms with Gasteiger partial charge in [-0.05, 0) is 42.7 Å². The van der Waals surface area contributed by atoms with Crippen LogP contribution < -0.4 is 10.6 Å². The van der Waals surface area contributed by atoms with E-state index in [-0.39, 0.29) is 11.6 Å². The first-order chi connectivity index (χ1) is 13.4. The molecule has 2 N–H and O–H groups in total. The van der Waals surface area contributed by atoms with Crippen LogP contribution >= 0.6 is 0 Å². The first-order valence-corrected chi connectivity index (χ1v) is 8.88. The van der Waals surface area contributed by atoms with Crippen molar-refractivity contribution in [3.63, 3.8) is 0 Å². The highest BCUT2D eigenvalue weighted by Crippen LogP contribution is 2.25. The first kappa shape index (κ1) is 19.1. The van der Waals surface area contributed by atoms with Crippen LogP contribution in [0.2, 0.25) is 0 Å².